The molecule has 1 aromatic carbocycles. The first kappa shape index (κ1) is 19.1. The topological polar surface area (TPSA) is 105 Å². The number of hydrogen-bond acceptors (Lipinski definition) is 6. The number of rotatable bonds is 4. The molecule has 6 rings (SSSR count). The van der Waals surface area contributed by atoms with Gasteiger partial charge in [-0.25, -0.2) is 9.97 Å². The van der Waals surface area contributed by atoms with Gasteiger partial charge in [0.25, 0.3) is 0 Å². The summed E-state index contributed by atoms with van der Waals surface area (Å²) in [4.78, 5) is 22.0. The molecule has 0 spiro atoms. The minimum atomic E-state index is 0.626. The van der Waals surface area contributed by atoms with Gasteiger partial charge in [0.1, 0.15) is 16.8 Å². The van der Waals surface area contributed by atoms with Crippen LogP contribution in [0, 0.1) is 6.92 Å². The molecule has 0 atom stereocenters. The number of fused-ring (bicyclic) bond motifs is 2. The van der Waals surface area contributed by atoms with Crippen LogP contribution in [0.2, 0.25) is 0 Å². The summed E-state index contributed by atoms with van der Waals surface area (Å²) in [6.45, 7) is 2.05. The van der Waals surface area contributed by atoms with Crippen LogP contribution in [0.15, 0.2) is 67.1 Å². The van der Waals surface area contributed by atoms with E-state index in [4.69, 9.17) is 14.7 Å². The van der Waals surface area contributed by atoms with Crippen molar-refractivity contribution in [3.63, 3.8) is 0 Å². The Morgan fingerprint density at radius 3 is 2.67 bits per heavy atom. The van der Waals surface area contributed by atoms with Gasteiger partial charge < -0.3 is 9.72 Å². The first-order valence-electron chi connectivity index (χ1n) is 10.5. The number of methoxy groups -OCH3 is 1. The summed E-state index contributed by atoms with van der Waals surface area (Å²) in [5, 5.41) is 7.58. The Morgan fingerprint density at radius 2 is 1.79 bits per heavy atom. The van der Waals surface area contributed by atoms with Gasteiger partial charge in [0, 0.05) is 29.7 Å². The van der Waals surface area contributed by atoms with Gasteiger partial charge in [-0.05, 0) is 48.9 Å². The zero-order chi connectivity index (χ0) is 22.4. The van der Waals surface area contributed by atoms with Crippen LogP contribution < -0.4 is 4.74 Å². The quantitative estimate of drug-likeness (QED) is 0.408. The Morgan fingerprint density at radius 1 is 0.879 bits per heavy atom. The molecule has 2 N–H and O–H groups in total. The Bertz CT molecular complexity index is 1630. The molecule has 8 heteroatoms. The van der Waals surface area contributed by atoms with Gasteiger partial charge in [0.2, 0.25) is 0 Å². The monoisotopic (exact) mass is 433 g/mol. The van der Waals surface area contributed by atoms with Crippen molar-refractivity contribution in [2.75, 3.05) is 7.11 Å². The van der Waals surface area contributed by atoms with E-state index in [0.29, 0.717) is 11.5 Å². The molecule has 0 saturated heterocycles. The first-order chi connectivity index (χ1) is 16.2. The zero-order valence-electron chi connectivity index (χ0n) is 18.0. The second-order valence-corrected chi connectivity index (χ2v) is 7.73. The Hall–Kier alpha value is -4.59. The maximum atomic E-state index is 5.37. The summed E-state index contributed by atoms with van der Waals surface area (Å²) in [5.74, 6) is 1.39. The molecule has 0 amide bonds. The van der Waals surface area contributed by atoms with E-state index in [1.807, 2.05) is 61.7 Å². The summed E-state index contributed by atoms with van der Waals surface area (Å²) in [6, 6.07) is 15.6. The number of nitrogens with zero attached hydrogens (tertiary/aromatic N) is 5. The predicted octanol–water partition coefficient (Wildman–Crippen LogP) is 4.94. The molecule has 33 heavy (non-hydrogen) atoms. The van der Waals surface area contributed by atoms with E-state index in [2.05, 4.69) is 25.1 Å². The number of aryl methyl sites for hydroxylation is 1. The van der Waals surface area contributed by atoms with Gasteiger partial charge in [0.15, 0.2) is 11.5 Å². The Labute approximate surface area is 188 Å². The third-order valence-electron chi connectivity index (χ3n) is 5.69. The molecule has 0 aliphatic rings. The van der Waals surface area contributed by atoms with E-state index < -0.39 is 0 Å². The van der Waals surface area contributed by atoms with Gasteiger partial charge in [-0.1, -0.05) is 12.1 Å². The van der Waals surface area contributed by atoms with Crippen LogP contribution in [0.3, 0.4) is 0 Å². The molecule has 0 unspecified atom stereocenters. The van der Waals surface area contributed by atoms with Crippen molar-refractivity contribution >= 4 is 22.1 Å². The van der Waals surface area contributed by atoms with Crippen molar-refractivity contribution in [3.8, 4) is 39.8 Å². The second-order valence-electron chi connectivity index (χ2n) is 7.73. The lowest BCUT2D eigenvalue weighted by Crippen LogP contribution is -1.90. The van der Waals surface area contributed by atoms with Crippen molar-refractivity contribution in [2.24, 2.45) is 0 Å². The molecule has 0 saturated carbocycles. The van der Waals surface area contributed by atoms with Crippen molar-refractivity contribution in [1.29, 1.82) is 0 Å². The van der Waals surface area contributed by atoms with Crippen LogP contribution in [0.25, 0.3) is 56.1 Å². The molecule has 0 fully saturated rings. The molecule has 5 aromatic heterocycles. The highest BCUT2D eigenvalue weighted by molar-refractivity contribution is 5.95. The van der Waals surface area contributed by atoms with Gasteiger partial charge >= 0.3 is 0 Å². The lowest BCUT2D eigenvalue weighted by atomic mass is 10.1. The predicted molar refractivity (Wildman–Crippen MR) is 127 cm³/mol. The van der Waals surface area contributed by atoms with Crippen LogP contribution >= 0.6 is 0 Å². The average molecular weight is 433 g/mol. The summed E-state index contributed by atoms with van der Waals surface area (Å²) < 4.78 is 5.37. The number of hydrogen-bond donors (Lipinski definition) is 2. The summed E-state index contributed by atoms with van der Waals surface area (Å²) in [6.07, 6.45) is 5.38. The van der Waals surface area contributed by atoms with E-state index in [9.17, 15) is 0 Å². The fraction of sp³-hybridized carbons (Fsp3) is 0.0800. The molecule has 0 aliphatic carbocycles. The maximum Gasteiger partial charge on any atom is 0.161 e. The van der Waals surface area contributed by atoms with E-state index >= 15 is 0 Å². The highest BCUT2D eigenvalue weighted by atomic mass is 16.5. The number of benzene rings is 1. The highest BCUT2D eigenvalue weighted by Gasteiger charge is 2.18. The van der Waals surface area contributed by atoms with E-state index in [1.54, 1.807) is 19.5 Å². The zero-order valence-corrected chi connectivity index (χ0v) is 18.0. The van der Waals surface area contributed by atoms with Crippen LogP contribution in [0.4, 0.5) is 0 Å². The third-order valence-corrected chi connectivity index (χ3v) is 5.69. The Balaban J connectivity index is 1.50. The summed E-state index contributed by atoms with van der Waals surface area (Å²) in [5.41, 5.74) is 8.50. The normalized spacial score (nSPS) is 11.3. The minimum absolute atomic E-state index is 0.626. The van der Waals surface area contributed by atoms with E-state index in [-0.39, 0.29) is 0 Å². The summed E-state index contributed by atoms with van der Waals surface area (Å²) in [7, 11) is 1.65. The van der Waals surface area contributed by atoms with Gasteiger partial charge in [-0.15, -0.1) is 0 Å². The van der Waals surface area contributed by atoms with Gasteiger partial charge in [0.05, 0.1) is 29.5 Å². The van der Waals surface area contributed by atoms with Crippen molar-refractivity contribution in [3.05, 3.63) is 72.7 Å². The van der Waals surface area contributed by atoms with Crippen molar-refractivity contribution < 1.29 is 4.74 Å². The van der Waals surface area contributed by atoms with Crippen LogP contribution in [0.1, 0.15) is 5.56 Å². The van der Waals surface area contributed by atoms with Gasteiger partial charge in [-0.3, -0.25) is 15.1 Å². The highest BCUT2D eigenvalue weighted by Crippen LogP contribution is 2.32. The van der Waals surface area contributed by atoms with E-state index in [0.717, 1.165) is 55.9 Å². The third kappa shape index (κ3) is 3.20. The minimum Gasteiger partial charge on any atom is -0.497 e. The van der Waals surface area contributed by atoms with Crippen LogP contribution in [-0.4, -0.2) is 42.2 Å². The molecular formula is C25H19N7O. The van der Waals surface area contributed by atoms with Gasteiger partial charge in [-0.2, -0.15) is 5.10 Å². The number of H-pyrrole nitrogens is 2. The Kier molecular flexibility index (Phi) is 4.36. The smallest absolute Gasteiger partial charge is 0.161 e. The number of nitrogens with one attached hydrogen (secondary N) is 2. The molecule has 160 valence electrons. The average Bonchev–Trinajstić information content (AvgIpc) is 3.47. The van der Waals surface area contributed by atoms with Crippen LogP contribution in [0.5, 0.6) is 5.75 Å². The van der Waals surface area contributed by atoms with Crippen molar-refractivity contribution in [2.45, 2.75) is 6.92 Å². The maximum absolute atomic E-state index is 5.37. The number of aromatic amines is 2. The summed E-state index contributed by atoms with van der Waals surface area (Å²) >= 11 is 0. The molecule has 6 aromatic rings. The lowest BCUT2D eigenvalue weighted by Gasteiger charge is -2.04. The largest absolute Gasteiger partial charge is 0.497 e. The first-order valence-corrected chi connectivity index (χ1v) is 10.5. The SMILES string of the molecule is COc1cccc(-c2nccc3[nH]c(-c4n[nH]c5ccc(-c6cnccc6C)nc45)nc23)c1. The number of imidazole rings is 1. The molecule has 0 aliphatic heterocycles. The fourth-order valence-electron chi connectivity index (χ4n) is 3.98. The molecule has 0 radical (unpaired) electrons. The van der Waals surface area contributed by atoms with E-state index in [1.165, 1.54) is 0 Å². The lowest BCUT2D eigenvalue weighted by molar-refractivity contribution is 0.415. The fourth-order valence-corrected chi connectivity index (χ4v) is 3.98. The van der Waals surface area contributed by atoms with Crippen LogP contribution in [-0.2, 0) is 0 Å². The number of ether oxygens (including phenoxy) is 1. The molecule has 5 heterocycles. The second kappa shape index (κ2) is 7.52. The van der Waals surface area contributed by atoms with Crippen molar-refractivity contribution in [1.82, 2.24) is 35.1 Å². The standard InChI is InChI=1S/C25H19N7O/c1-14-8-10-26-13-17(14)18-6-7-20-23(28-18)24(32-31-20)25-29-19-9-11-27-21(22(19)30-25)15-4-3-5-16(12-15)33-2/h3-13H,1-2H3,(H,29,30)(H,31,32). The molecule has 8 nitrogen and oxygen atoms in total. The molecule has 0 bridgehead atoms. The number of pyridine rings is 3. The number of aromatic nitrogens is 7. The molecular weight excluding hydrogens is 414 g/mol.